The maximum atomic E-state index is 5.73. The van der Waals surface area contributed by atoms with Crippen LogP contribution in [0.1, 0.15) is 19.4 Å². The summed E-state index contributed by atoms with van der Waals surface area (Å²) in [5, 5.41) is 3.05. The van der Waals surface area contributed by atoms with Crippen molar-refractivity contribution in [2.75, 3.05) is 11.9 Å². The first kappa shape index (κ1) is 15.2. The van der Waals surface area contributed by atoms with Crippen molar-refractivity contribution >= 4 is 35.6 Å². The van der Waals surface area contributed by atoms with E-state index in [0.29, 0.717) is 11.9 Å². The van der Waals surface area contributed by atoms with Crippen molar-refractivity contribution in [3.63, 3.8) is 0 Å². The number of aliphatic imine (C=N–C) groups is 1. The zero-order valence-electron chi connectivity index (χ0n) is 10.0. The fraction of sp³-hybridized carbons (Fsp3) is 0.417. The predicted molar refractivity (Wildman–Crippen MR) is 81.5 cm³/mol. The number of hydrogen-bond acceptors (Lipinski definition) is 1. The number of benzene rings is 1. The lowest BCUT2D eigenvalue weighted by atomic mass is 10.2. The van der Waals surface area contributed by atoms with Gasteiger partial charge in [-0.25, -0.2) is 0 Å². The number of anilines is 1. The minimum absolute atomic E-state index is 0. The number of nitrogens with two attached hydrogens (primary N) is 1. The molecule has 0 aliphatic heterocycles. The van der Waals surface area contributed by atoms with Gasteiger partial charge in [0, 0.05) is 12.2 Å². The Labute approximate surface area is 115 Å². The number of hydrogen-bond donors (Lipinski definition) is 2. The van der Waals surface area contributed by atoms with Gasteiger partial charge >= 0.3 is 0 Å². The molecule has 0 saturated carbocycles. The second-order valence-corrected chi connectivity index (χ2v) is 4.11. The Bertz CT molecular complexity index is 331. The molecule has 0 radical (unpaired) electrons. The van der Waals surface area contributed by atoms with Gasteiger partial charge in [0.15, 0.2) is 5.96 Å². The normalized spacial score (nSPS) is 11.1. The molecule has 0 spiro atoms. The van der Waals surface area contributed by atoms with Crippen LogP contribution in [0.5, 0.6) is 0 Å². The van der Waals surface area contributed by atoms with E-state index >= 15 is 0 Å². The van der Waals surface area contributed by atoms with E-state index < -0.39 is 0 Å². The van der Waals surface area contributed by atoms with Crippen LogP contribution in [0.3, 0.4) is 0 Å². The van der Waals surface area contributed by atoms with Gasteiger partial charge in [-0.3, -0.25) is 4.99 Å². The van der Waals surface area contributed by atoms with Crippen molar-refractivity contribution in [2.24, 2.45) is 16.6 Å². The summed E-state index contributed by atoms with van der Waals surface area (Å²) in [6.07, 6.45) is 0. The number of nitrogens with zero attached hydrogens (tertiary/aromatic N) is 1. The number of halogens is 1. The van der Waals surface area contributed by atoms with Crippen LogP contribution >= 0.6 is 24.0 Å². The second-order valence-electron chi connectivity index (χ2n) is 4.11. The standard InChI is InChI=1S/C12H19N3.HI/c1-9(2)8-14-12(13)15-11-6-4-10(3)5-7-11;/h4-7,9H,8H2,1-3H3,(H3,13,14,15);1H. The maximum absolute atomic E-state index is 5.73. The number of nitrogens with one attached hydrogen (secondary N) is 1. The lowest BCUT2D eigenvalue weighted by Gasteiger charge is -2.06. The van der Waals surface area contributed by atoms with E-state index in [-0.39, 0.29) is 24.0 Å². The molecule has 1 aromatic rings. The highest BCUT2D eigenvalue weighted by Gasteiger charge is 1.95. The first-order valence-electron chi connectivity index (χ1n) is 5.21. The van der Waals surface area contributed by atoms with E-state index in [1.807, 2.05) is 24.3 Å². The summed E-state index contributed by atoms with van der Waals surface area (Å²) < 4.78 is 0. The molecule has 0 amide bonds. The van der Waals surface area contributed by atoms with Crippen molar-refractivity contribution in [3.05, 3.63) is 29.8 Å². The highest BCUT2D eigenvalue weighted by Crippen LogP contribution is 2.07. The Morgan fingerprint density at radius 3 is 2.38 bits per heavy atom. The van der Waals surface area contributed by atoms with Crippen molar-refractivity contribution in [1.82, 2.24) is 0 Å². The molecule has 3 nitrogen and oxygen atoms in total. The van der Waals surface area contributed by atoms with Gasteiger partial charge in [-0.15, -0.1) is 24.0 Å². The zero-order valence-corrected chi connectivity index (χ0v) is 12.4. The van der Waals surface area contributed by atoms with Gasteiger partial charge in [-0.1, -0.05) is 31.5 Å². The zero-order chi connectivity index (χ0) is 11.3. The van der Waals surface area contributed by atoms with Gasteiger partial charge in [-0.2, -0.15) is 0 Å². The average Bonchev–Trinajstić information content (AvgIpc) is 2.19. The van der Waals surface area contributed by atoms with Crippen LogP contribution in [0, 0.1) is 12.8 Å². The largest absolute Gasteiger partial charge is 0.370 e. The van der Waals surface area contributed by atoms with Crippen LogP contribution in [0.15, 0.2) is 29.3 Å². The molecule has 16 heavy (non-hydrogen) atoms. The van der Waals surface area contributed by atoms with E-state index in [4.69, 9.17) is 5.73 Å². The van der Waals surface area contributed by atoms with Crippen molar-refractivity contribution < 1.29 is 0 Å². The van der Waals surface area contributed by atoms with Gasteiger partial charge in [-0.05, 0) is 25.0 Å². The lowest BCUT2D eigenvalue weighted by Crippen LogP contribution is -2.23. The topological polar surface area (TPSA) is 50.4 Å². The van der Waals surface area contributed by atoms with Gasteiger partial charge in [0.25, 0.3) is 0 Å². The van der Waals surface area contributed by atoms with E-state index in [9.17, 15) is 0 Å². The molecule has 0 aliphatic rings. The van der Waals surface area contributed by atoms with Crippen molar-refractivity contribution in [3.8, 4) is 0 Å². The Morgan fingerprint density at radius 2 is 1.88 bits per heavy atom. The van der Waals surface area contributed by atoms with E-state index in [1.54, 1.807) is 0 Å². The Hall–Kier alpha value is -0.780. The van der Waals surface area contributed by atoms with Gasteiger partial charge < -0.3 is 11.1 Å². The van der Waals surface area contributed by atoms with Crippen LogP contribution < -0.4 is 11.1 Å². The molecule has 90 valence electrons. The summed E-state index contributed by atoms with van der Waals surface area (Å²) >= 11 is 0. The second kappa shape index (κ2) is 7.49. The number of rotatable bonds is 3. The summed E-state index contributed by atoms with van der Waals surface area (Å²) in [5.74, 6) is 1.01. The molecule has 0 fully saturated rings. The number of guanidine groups is 1. The molecule has 0 saturated heterocycles. The Balaban J connectivity index is 0.00000225. The fourth-order valence-electron chi connectivity index (χ4n) is 1.11. The van der Waals surface area contributed by atoms with Gasteiger partial charge in [0.05, 0.1) is 0 Å². The predicted octanol–water partition coefficient (Wildman–Crippen LogP) is 3.00. The molecule has 1 aromatic carbocycles. The van der Waals surface area contributed by atoms with Crippen molar-refractivity contribution in [1.29, 1.82) is 0 Å². The number of aryl methyl sites for hydroxylation is 1. The summed E-state index contributed by atoms with van der Waals surface area (Å²) in [6.45, 7) is 7.04. The molecule has 0 aromatic heterocycles. The Kier molecular flexibility index (Phi) is 7.12. The van der Waals surface area contributed by atoms with Crippen molar-refractivity contribution in [2.45, 2.75) is 20.8 Å². The first-order valence-corrected chi connectivity index (χ1v) is 5.21. The monoisotopic (exact) mass is 333 g/mol. The van der Waals surface area contributed by atoms with Gasteiger partial charge in [0.2, 0.25) is 0 Å². The van der Waals surface area contributed by atoms with Gasteiger partial charge in [0.1, 0.15) is 0 Å². The smallest absolute Gasteiger partial charge is 0.193 e. The Morgan fingerprint density at radius 1 is 1.31 bits per heavy atom. The molecule has 0 atom stereocenters. The van der Waals surface area contributed by atoms with Crippen LogP contribution in [0.25, 0.3) is 0 Å². The quantitative estimate of drug-likeness (QED) is 0.508. The molecule has 0 aliphatic carbocycles. The molecule has 3 N–H and O–H groups in total. The minimum Gasteiger partial charge on any atom is -0.370 e. The highest BCUT2D eigenvalue weighted by atomic mass is 127. The van der Waals surface area contributed by atoms with E-state index in [0.717, 1.165) is 12.2 Å². The highest BCUT2D eigenvalue weighted by molar-refractivity contribution is 14.0. The summed E-state index contributed by atoms with van der Waals surface area (Å²) in [6, 6.07) is 8.07. The first-order chi connectivity index (χ1) is 7.08. The summed E-state index contributed by atoms with van der Waals surface area (Å²) in [7, 11) is 0. The van der Waals surface area contributed by atoms with E-state index in [2.05, 4.69) is 31.1 Å². The molecular formula is C12H20IN3. The average molecular weight is 333 g/mol. The molecule has 0 bridgehead atoms. The molecule has 0 unspecified atom stereocenters. The van der Waals surface area contributed by atoms with Crippen LogP contribution in [-0.2, 0) is 0 Å². The third-order valence-corrected chi connectivity index (χ3v) is 1.95. The van der Waals surface area contributed by atoms with Crippen LogP contribution in [0.2, 0.25) is 0 Å². The molecule has 1 rings (SSSR count). The molecule has 0 heterocycles. The van der Waals surface area contributed by atoms with Crippen LogP contribution in [0.4, 0.5) is 5.69 Å². The summed E-state index contributed by atoms with van der Waals surface area (Å²) in [4.78, 5) is 4.22. The third-order valence-electron chi connectivity index (χ3n) is 1.95. The van der Waals surface area contributed by atoms with E-state index in [1.165, 1.54) is 5.56 Å². The SMILES string of the molecule is Cc1ccc(NC(N)=NCC(C)C)cc1.I. The summed E-state index contributed by atoms with van der Waals surface area (Å²) in [5.41, 5.74) is 7.94. The molecular weight excluding hydrogens is 313 g/mol. The van der Waals surface area contributed by atoms with Crippen LogP contribution in [-0.4, -0.2) is 12.5 Å². The third kappa shape index (κ3) is 5.95. The maximum Gasteiger partial charge on any atom is 0.193 e. The molecule has 4 heteroatoms. The lowest BCUT2D eigenvalue weighted by molar-refractivity contribution is 0.665. The fourth-order valence-corrected chi connectivity index (χ4v) is 1.11. The minimum atomic E-state index is 0.